The first kappa shape index (κ1) is 10.3. The van der Waals surface area contributed by atoms with Gasteiger partial charge in [-0.15, -0.1) is 23.5 Å². The minimum Gasteiger partial charge on any atom is -0.481 e. The summed E-state index contributed by atoms with van der Waals surface area (Å²) in [5, 5.41) is 8.46. The normalized spacial score (nSPS) is 21.1. The quantitative estimate of drug-likeness (QED) is 0.766. The molecule has 0 saturated carbocycles. The molecule has 0 amide bonds. The van der Waals surface area contributed by atoms with Crippen LogP contribution in [0.1, 0.15) is 26.2 Å². The molecule has 2 nitrogen and oxygen atoms in total. The average Bonchev–Trinajstić information content (AvgIpc) is 2.35. The Kier molecular flexibility index (Phi) is 3.77. The van der Waals surface area contributed by atoms with Gasteiger partial charge in [0.1, 0.15) is 0 Å². The molecule has 1 aliphatic rings. The fraction of sp³-hybridized carbons (Fsp3) is 0.875. The molecule has 0 bridgehead atoms. The number of carboxylic acid groups (broad SMARTS) is 1. The van der Waals surface area contributed by atoms with E-state index in [1.54, 1.807) is 0 Å². The van der Waals surface area contributed by atoms with Crippen LogP contribution < -0.4 is 0 Å². The number of hydrogen-bond donors (Lipinski definition) is 1. The SMILES string of the molecule is CC1(CCCC(=O)O)SCCS1. The molecular formula is C8H14O2S2. The van der Waals surface area contributed by atoms with Crippen molar-refractivity contribution in [2.75, 3.05) is 11.5 Å². The highest BCUT2D eigenvalue weighted by molar-refractivity contribution is 8.21. The van der Waals surface area contributed by atoms with Crippen LogP contribution in [0, 0.1) is 0 Å². The Bertz CT molecular complexity index is 164. The molecule has 12 heavy (non-hydrogen) atoms. The third kappa shape index (κ3) is 3.27. The lowest BCUT2D eigenvalue weighted by Gasteiger charge is -2.20. The summed E-state index contributed by atoms with van der Waals surface area (Å²) in [7, 11) is 0. The monoisotopic (exact) mass is 206 g/mol. The molecule has 0 radical (unpaired) electrons. The van der Waals surface area contributed by atoms with Crippen molar-refractivity contribution in [1.82, 2.24) is 0 Å². The van der Waals surface area contributed by atoms with Gasteiger partial charge in [0.05, 0.1) is 4.08 Å². The van der Waals surface area contributed by atoms with Crippen LogP contribution in [-0.2, 0) is 4.79 Å². The van der Waals surface area contributed by atoms with Crippen LogP contribution in [0.2, 0.25) is 0 Å². The van der Waals surface area contributed by atoms with Gasteiger partial charge in [-0.1, -0.05) is 0 Å². The van der Waals surface area contributed by atoms with E-state index in [1.165, 1.54) is 11.5 Å². The minimum atomic E-state index is -0.674. The van der Waals surface area contributed by atoms with E-state index in [9.17, 15) is 4.79 Å². The summed E-state index contributed by atoms with van der Waals surface area (Å²) < 4.78 is 0.301. The van der Waals surface area contributed by atoms with Gasteiger partial charge < -0.3 is 5.11 Å². The van der Waals surface area contributed by atoms with Crippen LogP contribution in [0.5, 0.6) is 0 Å². The van der Waals surface area contributed by atoms with Gasteiger partial charge >= 0.3 is 5.97 Å². The predicted molar refractivity (Wildman–Crippen MR) is 54.8 cm³/mol. The summed E-state index contributed by atoms with van der Waals surface area (Å²) in [4.78, 5) is 10.3. The standard InChI is InChI=1S/C8H14O2S2/c1-8(11-5-6-12-8)4-2-3-7(9)10/h2-6H2,1H3,(H,9,10). The molecule has 0 aromatic heterocycles. The first-order chi connectivity index (χ1) is 5.62. The Labute approximate surface area is 81.5 Å². The molecule has 1 fully saturated rings. The summed E-state index contributed by atoms with van der Waals surface area (Å²) in [6, 6.07) is 0. The van der Waals surface area contributed by atoms with Crippen LogP contribution in [-0.4, -0.2) is 26.7 Å². The van der Waals surface area contributed by atoms with Gasteiger partial charge in [0, 0.05) is 17.9 Å². The minimum absolute atomic E-state index is 0.301. The Morgan fingerprint density at radius 3 is 2.58 bits per heavy atom. The Hall–Kier alpha value is 0.170. The van der Waals surface area contributed by atoms with Gasteiger partial charge in [-0.2, -0.15) is 0 Å². The van der Waals surface area contributed by atoms with Gasteiger partial charge in [0.25, 0.3) is 0 Å². The second-order valence-electron chi connectivity index (χ2n) is 3.08. The topological polar surface area (TPSA) is 37.3 Å². The van der Waals surface area contributed by atoms with E-state index >= 15 is 0 Å². The van der Waals surface area contributed by atoms with Gasteiger partial charge in [-0.3, -0.25) is 4.79 Å². The number of carbonyl (C=O) groups is 1. The first-order valence-corrected chi connectivity index (χ1v) is 6.09. The smallest absolute Gasteiger partial charge is 0.303 e. The van der Waals surface area contributed by atoms with Crippen molar-refractivity contribution < 1.29 is 9.90 Å². The first-order valence-electron chi connectivity index (χ1n) is 4.12. The molecule has 0 aliphatic carbocycles. The maximum atomic E-state index is 10.3. The highest BCUT2D eigenvalue weighted by Gasteiger charge is 2.29. The number of thioether (sulfide) groups is 2. The molecule has 1 aliphatic heterocycles. The van der Waals surface area contributed by atoms with Gasteiger partial charge in [0.15, 0.2) is 0 Å². The molecule has 0 atom stereocenters. The third-order valence-corrected chi connectivity index (χ3v) is 5.33. The van der Waals surface area contributed by atoms with Gasteiger partial charge in [-0.05, 0) is 19.8 Å². The molecular weight excluding hydrogens is 192 g/mol. The van der Waals surface area contributed by atoms with E-state index in [1.807, 2.05) is 23.5 Å². The zero-order valence-electron chi connectivity index (χ0n) is 7.21. The second-order valence-corrected chi connectivity index (χ2v) is 6.53. The number of carboxylic acids is 1. The summed E-state index contributed by atoms with van der Waals surface area (Å²) in [6.45, 7) is 2.22. The molecule has 1 saturated heterocycles. The lowest BCUT2D eigenvalue weighted by Crippen LogP contribution is -2.11. The van der Waals surface area contributed by atoms with Crippen LogP contribution >= 0.6 is 23.5 Å². The molecule has 1 rings (SSSR count). The Morgan fingerprint density at radius 2 is 2.08 bits per heavy atom. The maximum absolute atomic E-state index is 10.3. The molecule has 70 valence electrons. The number of hydrogen-bond acceptors (Lipinski definition) is 3. The van der Waals surface area contributed by atoms with Crippen LogP contribution in [0.15, 0.2) is 0 Å². The van der Waals surface area contributed by atoms with Crippen molar-refractivity contribution >= 4 is 29.5 Å². The molecule has 1 heterocycles. The lowest BCUT2D eigenvalue weighted by atomic mass is 10.2. The zero-order valence-corrected chi connectivity index (χ0v) is 8.84. The van der Waals surface area contributed by atoms with E-state index in [2.05, 4.69) is 6.92 Å². The Morgan fingerprint density at radius 1 is 1.50 bits per heavy atom. The van der Waals surface area contributed by atoms with Crippen molar-refractivity contribution in [2.45, 2.75) is 30.3 Å². The second kappa shape index (κ2) is 4.42. The molecule has 0 aromatic rings. The fourth-order valence-corrected chi connectivity index (χ4v) is 4.20. The predicted octanol–water partition coefficient (Wildman–Crippen LogP) is 2.44. The maximum Gasteiger partial charge on any atom is 0.303 e. The summed E-state index contributed by atoms with van der Waals surface area (Å²) in [5.41, 5.74) is 0. The highest BCUT2D eigenvalue weighted by Crippen LogP contribution is 2.46. The average molecular weight is 206 g/mol. The third-order valence-electron chi connectivity index (χ3n) is 1.92. The molecule has 0 unspecified atom stereocenters. The van der Waals surface area contributed by atoms with E-state index < -0.39 is 5.97 Å². The van der Waals surface area contributed by atoms with Crippen molar-refractivity contribution in [3.8, 4) is 0 Å². The highest BCUT2D eigenvalue weighted by atomic mass is 32.2. The van der Waals surface area contributed by atoms with E-state index in [0.717, 1.165) is 12.8 Å². The fourth-order valence-electron chi connectivity index (χ4n) is 1.26. The van der Waals surface area contributed by atoms with Crippen molar-refractivity contribution in [3.05, 3.63) is 0 Å². The van der Waals surface area contributed by atoms with E-state index in [4.69, 9.17) is 5.11 Å². The van der Waals surface area contributed by atoms with E-state index in [0.29, 0.717) is 10.5 Å². The summed E-state index contributed by atoms with van der Waals surface area (Å²) >= 11 is 3.93. The van der Waals surface area contributed by atoms with Gasteiger partial charge in [-0.25, -0.2) is 0 Å². The number of rotatable bonds is 4. The van der Waals surface area contributed by atoms with Crippen LogP contribution in [0.3, 0.4) is 0 Å². The van der Waals surface area contributed by atoms with E-state index in [-0.39, 0.29) is 0 Å². The molecule has 0 spiro atoms. The summed E-state index contributed by atoms with van der Waals surface area (Å²) in [6.07, 6.45) is 2.15. The van der Waals surface area contributed by atoms with Crippen LogP contribution in [0.4, 0.5) is 0 Å². The largest absolute Gasteiger partial charge is 0.481 e. The van der Waals surface area contributed by atoms with Crippen molar-refractivity contribution in [3.63, 3.8) is 0 Å². The lowest BCUT2D eigenvalue weighted by molar-refractivity contribution is -0.137. The van der Waals surface area contributed by atoms with Crippen LogP contribution in [0.25, 0.3) is 0 Å². The van der Waals surface area contributed by atoms with Crippen molar-refractivity contribution in [2.24, 2.45) is 0 Å². The van der Waals surface area contributed by atoms with Gasteiger partial charge in [0.2, 0.25) is 0 Å². The zero-order chi connectivity index (χ0) is 9.03. The molecule has 4 heteroatoms. The number of aliphatic carboxylic acids is 1. The summed E-state index contributed by atoms with van der Waals surface area (Å²) in [5.74, 6) is 1.76. The molecule has 0 aromatic carbocycles. The van der Waals surface area contributed by atoms with Crippen molar-refractivity contribution in [1.29, 1.82) is 0 Å². The Balaban J connectivity index is 2.17. The molecule has 1 N–H and O–H groups in total.